The summed E-state index contributed by atoms with van der Waals surface area (Å²) in [5, 5.41) is 2.87. The Bertz CT molecular complexity index is 1140. The van der Waals surface area contributed by atoms with Crippen LogP contribution < -0.4 is 14.8 Å². The van der Waals surface area contributed by atoms with E-state index >= 15 is 0 Å². The molecule has 1 N–H and O–H groups in total. The average Bonchev–Trinajstić information content (AvgIpc) is 2.84. The van der Waals surface area contributed by atoms with Crippen LogP contribution in [0.5, 0.6) is 11.5 Å². The van der Waals surface area contributed by atoms with Crippen LogP contribution in [0.2, 0.25) is 5.02 Å². The fourth-order valence-corrected chi connectivity index (χ4v) is 3.72. The zero-order valence-electron chi connectivity index (χ0n) is 19.7. The minimum Gasteiger partial charge on any atom is -0.496 e. The second kappa shape index (κ2) is 11.1. The van der Waals surface area contributed by atoms with Crippen LogP contribution in [0.4, 0.5) is 5.69 Å². The lowest BCUT2D eigenvalue weighted by atomic mass is 9.78. The maximum absolute atomic E-state index is 12.4. The molecule has 0 saturated carbocycles. The lowest BCUT2D eigenvalue weighted by Crippen LogP contribution is -2.21. The third-order valence-corrected chi connectivity index (χ3v) is 5.81. The van der Waals surface area contributed by atoms with E-state index in [0.717, 1.165) is 5.56 Å². The number of carbonyl (C=O) groups is 2. The van der Waals surface area contributed by atoms with Crippen molar-refractivity contribution in [1.29, 1.82) is 0 Å². The average molecular weight is 482 g/mol. The Morgan fingerprint density at radius 3 is 2.24 bits per heavy atom. The second-order valence-corrected chi connectivity index (χ2v) is 8.51. The lowest BCUT2D eigenvalue weighted by Gasteiger charge is -2.26. The van der Waals surface area contributed by atoms with Crippen LogP contribution in [0.3, 0.4) is 0 Å². The first-order valence-corrected chi connectivity index (χ1v) is 11.3. The molecule has 0 spiro atoms. The minimum atomic E-state index is -0.554. The summed E-state index contributed by atoms with van der Waals surface area (Å²) in [4.78, 5) is 24.5. The number of hydrogen-bond donors (Lipinski definition) is 1. The first-order valence-electron chi connectivity index (χ1n) is 10.9. The molecule has 0 aliphatic rings. The van der Waals surface area contributed by atoms with E-state index in [1.165, 1.54) is 24.8 Å². The van der Waals surface area contributed by atoms with Gasteiger partial charge in [0.05, 0.1) is 24.4 Å². The SMILES string of the molecule is CCOC(=O)c1cc(Cl)c(NC(=O)COc2ccc(C(C)(C)c3ccccc3)cc2)cc1OC. The second-order valence-electron chi connectivity index (χ2n) is 8.11. The standard InChI is InChI=1S/C27H28ClNO5/c1-5-33-26(31)21-15-22(28)23(16-24(21)32-4)29-25(30)17-34-20-13-11-19(12-14-20)27(2,3)18-9-7-6-8-10-18/h6-16H,5,17H2,1-4H3,(H,29,30). The largest absolute Gasteiger partial charge is 0.496 e. The third-order valence-electron chi connectivity index (χ3n) is 5.50. The highest BCUT2D eigenvalue weighted by Gasteiger charge is 2.23. The summed E-state index contributed by atoms with van der Waals surface area (Å²) in [6.45, 7) is 6.05. The van der Waals surface area contributed by atoms with E-state index in [1.807, 2.05) is 42.5 Å². The van der Waals surface area contributed by atoms with Gasteiger partial charge < -0.3 is 19.5 Å². The van der Waals surface area contributed by atoms with Gasteiger partial charge in [-0.1, -0.05) is 67.9 Å². The van der Waals surface area contributed by atoms with Crippen LogP contribution in [0, 0.1) is 0 Å². The Hall–Kier alpha value is -3.51. The number of ether oxygens (including phenoxy) is 3. The van der Waals surface area contributed by atoms with Crippen molar-refractivity contribution in [2.24, 2.45) is 0 Å². The number of carbonyl (C=O) groups excluding carboxylic acids is 2. The monoisotopic (exact) mass is 481 g/mol. The molecule has 0 aromatic heterocycles. The van der Waals surface area contributed by atoms with E-state index in [2.05, 4.69) is 31.3 Å². The molecule has 3 rings (SSSR count). The van der Waals surface area contributed by atoms with E-state index in [0.29, 0.717) is 11.4 Å². The number of rotatable bonds is 9. The zero-order chi connectivity index (χ0) is 24.7. The number of halogens is 1. The van der Waals surface area contributed by atoms with Crippen molar-refractivity contribution in [3.8, 4) is 11.5 Å². The molecule has 0 bridgehead atoms. The Labute approximate surface area is 204 Å². The van der Waals surface area contributed by atoms with Crippen LogP contribution in [0.1, 0.15) is 42.3 Å². The molecule has 0 saturated heterocycles. The van der Waals surface area contributed by atoms with Gasteiger partial charge in [-0.2, -0.15) is 0 Å². The maximum atomic E-state index is 12.4. The number of esters is 1. The van der Waals surface area contributed by atoms with Crippen molar-refractivity contribution in [1.82, 2.24) is 0 Å². The van der Waals surface area contributed by atoms with E-state index in [9.17, 15) is 9.59 Å². The summed E-state index contributed by atoms with van der Waals surface area (Å²) in [6, 6.07) is 20.8. The lowest BCUT2D eigenvalue weighted by molar-refractivity contribution is -0.118. The smallest absolute Gasteiger partial charge is 0.341 e. The number of nitrogens with one attached hydrogen (secondary N) is 1. The first-order chi connectivity index (χ1) is 16.3. The molecule has 0 aliphatic carbocycles. The fraction of sp³-hybridized carbons (Fsp3) is 0.259. The van der Waals surface area contributed by atoms with Crippen molar-refractivity contribution >= 4 is 29.2 Å². The van der Waals surface area contributed by atoms with E-state index < -0.39 is 11.9 Å². The highest BCUT2D eigenvalue weighted by Crippen LogP contribution is 2.33. The molecule has 178 valence electrons. The van der Waals surface area contributed by atoms with Gasteiger partial charge in [0.2, 0.25) is 0 Å². The van der Waals surface area contributed by atoms with Gasteiger partial charge in [-0.15, -0.1) is 0 Å². The highest BCUT2D eigenvalue weighted by molar-refractivity contribution is 6.34. The molecule has 7 heteroatoms. The van der Waals surface area contributed by atoms with Gasteiger partial charge in [0, 0.05) is 11.5 Å². The molecular weight excluding hydrogens is 454 g/mol. The topological polar surface area (TPSA) is 73.9 Å². The summed E-state index contributed by atoms with van der Waals surface area (Å²) in [6.07, 6.45) is 0. The number of anilines is 1. The highest BCUT2D eigenvalue weighted by atomic mass is 35.5. The Morgan fingerprint density at radius 1 is 0.971 bits per heavy atom. The molecule has 0 atom stereocenters. The van der Waals surface area contributed by atoms with Crippen LogP contribution in [-0.4, -0.2) is 32.2 Å². The number of hydrogen-bond acceptors (Lipinski definition) is 5. The Kier molecular flexibility index (Phi) is 8.18. The van der Waals surface area contributed by atoms with Gasteiger partial charge in [0.15, 0.2) is 6.61 Å². The van der Waals surface area contributed by atoms with E-state index in [4.69, 9.17) is 25.8 Å². The van der Waals surface area contributed by atoms with Crippen LogP contribution >= 0.6 is 11.6 Å². The molecule has 0 heterocycles. The van der Waals surface area contributed by atoms with Gasteiger partial charge in [0.1, 0.15) is 17.1 Å². The molecule has 1 amide bonds. The number of benzene rings is 3. The van der Waals surface area contributed by atoms with Crippen molar-refractivity contribution in [3.05, 3.63) is 88.4 Å². The van der Waals surface area contributed by atoms with Gasteiger partial charge in [-0.25, -0.2) is 4.79 Å². The van der Waals surface area contributed by atoms with Crippen molar-refractivity contribution in [3.63, 3.8) is 0 Å². The summed E-state index contributed by atoms with van der Waals surface area (Å²) >= 11 is 6.26. The summed E-state index contributed by atoms with van der Waals surface area (Å²) in [5.41, 5.74) is 2.67. The normalized spacial score (nSPS) is 11.0. The van der Waals surface area contributed by atoms with Crippen molar-refractivity contribution in [2.45, 2.75) is 26.2 Å². The Morgan fingerprint density at radius 2 is 1.62 bits per heavy atom. The molecular formula is C27H28ClNO5. The zero-order valence-corrected chi connectivity index (χ0v) is 20.4. The first kappa shape index (κ1) is 25.1. The number of methoxy groups -OCH3 is 1. The molecule has 3 aromatic rings. The summed E-state index contributed by atoms with van der Waals surface area (Å²) < 4.78 is 15.9. The number of amides is 1. The summed E-state index contributed by atoms with van der Waals surface area (Å²) in [7, 11) is 1.42. The van der Waals surface area contributed by atoms with E-state index in [1.54, 1.807) is 6.92 Å². The van der Waals surface area contributed by atoms with Crippen molar-refractivity contribution < 1.29 is 23.8 Å². The van der Waals surface area contributed by atoms with Gasteiger partial charge in [-0.3, -0.25) is 4.79 Å². The molecule has 0 radical (unpaired) electrons. The molecule has 0 unspecified atom stereocenters. The van der Waals surface area contributed by atoms with Gasteiger partial charge >= 0.3 is 5.97 Å². The minimum absolute atomic E-state index is 0.164. The van der Waals surface area contributed by atoms with Crippen LogP contribution in [0.25, 0.3) is 0 Å². The summed E-state index contributed by atoms with van der Waals surface area (Å²) in [5.74, 6) is -0.136. The molecule has 0 fully saturated rings. The molecule has 0 aliphatic heterocycles. The van der Waals surface area contributed by atoms with Crippen LogP contribution in [-0.2, 0) is 14.9 Å². The third kappa shape index (κ3) is 5.88. The quantitative estimate of drug-likeness (QED) is 0.387. The predicted molar refractivity (Wildman–Crippen MR) is 133 cm³/mol. The molecule has 34 heavy (non-hydrogen) atoms. The van der Waals surface area contributed by atoms with E-state index in [-0.39, 0.29) is 35.0 Å². The Balaban J connectivity index is 1.64. The van der Waals surface area contributed by atoms with Gasteiger partial charge in [-0.05, 0) is 36.2 Å². The molecule has 3 aromatic carbocycles. The molecule has 6 nitrogen and oxygen atoms in total. The van der Waals surface area contributed by atoms with Crippen LogP contribution in [0.15, 0.2) is 66.7 Å². The van der Waals surface area contributed by atoms with Gasteiger partial charge in [0.25, 0.3) is 5.91 Å². The fourth-order valence-electron chi connectivity index (χ4n) is 3.51. The maximum Gasteiger partial charge on any atom is 0.341 e. The predicted octanol–water partition coefficient (Wildman–Crippen LogP) is 5.87. The van der Waals surface area contributed by atoms with Crippen molar-refractivity contribution in [2.75, 3.05) is 25.6 Å².